The van der Waals surface area contributed by atoms with E-state index in [4.69, 9.17) is 15.9 Å². The molecule has 1 atom stereocenters. The molecule has 0 aromatic heterocycles. The molecule has 1 fully saturated rings. The predicted molar refractivity (Wildman–Crippen MR) is 74.4 cm³/mol. The summed E-state index contributed by atoms with van der Waals surface area (Å²) in [7, 11) is 2.03. The Labute approximate surface area is 108 Å². The van der Waals surface area contributed by atoms with Gasteiger partial charge in [-0.2, -0.15) is 0 Å². The number of rotatable bonds is 4. The largest absolute Gasteiger partial charge is 0.384 e. The summed E-state index contributed by atoms with van der Waals surface area (Å²) in [6.45, 7) is 3.73. The van der Waals surface area contributed by atoms with Crippen LogP contribution >= 0.6 is 0 Å². The number of hydrogen-bond donors (Lipinski definition) is 2. The first-order valence-corrected chi connectivity index (χ1v) is 6.35. The Hall–Kier alpha value is -1.55. The zero-order valence-corrected chi connectivity index (χ0v) is 11.1. The minimum absolute atomic E-state index is 0.118. The Morgan fingerprint density at radius 3 is 2.94 bits per heavy atom. The molecule has 1 unspecified atom stereocenters. The molecule has 0 bridgehead atoms. The van der Waals surface area contributed by atoms with E-state index in [1.54, 1.807) is 0 Å². The third-order valence-electron chi connectivity index (χ3n) is 3.35. The predicted octanol–water partition coefficient (Wildman–Crippen LogP) is 1.89. The van der Waals surface area contributed by atoms with Gasteiger partial charge in [0.05, 0.1) is 6.10 Å². The average Bonchev–Trinajstić information content (AvgIpc) is 2.81. The van der Waals surface area contributed by atoms with Crippen LogP contribution in [0.5, 0.6) is 0 Å². The molecule has 1 saturated heterocycles. The number of aryl methyl sites for hydroxylation is 1. The highest BCUT2D eigenvalue weighted by Gasteiger charge is 2.19. The molecule has 0 spiro atoms. The van der Waals surface area contributed by atoms with Crippen LogP contribution in [0.4, 0.5) is 5.69 Å². The normalized spacial score (nSPS) is 18.9. The summed E-state index contributed by atoms with van der Waals surface area (Å²) in [5.74, 6) is 0.118. The molecule has 3 N–H and O–H groups in total. The molecule has 4 nitrogen and oxygen atoms in total. The summed E-state index contributed by atoms with van der Waals surface area (Å²) >= 11 is 0. The summed E-state index contributed by atoms with van der Waals surface area (Å²) in [5.41, 5.74) is 8.58. The number of likely N-dealkylation sites (N-methyl/N-ethyl adjacent to an activating group) is 1. The van der Waals surface area contributed by atoms with Gasteiger partial charge < -0.3 is 15.4 Å². The number of nitrogen functional groups attached to an aromatic ring is 1. The molecule has 18 heavy (non-hydrogen) atoms. The van der Waals surface area contributed by atoms with Crippen molar-refractivity contribution in [1.82, 2.24) is 0 Å². The number of nitrogens with two attached hydrogens (primary N) is 1. The molecule has 1 aliphatic rings. The van der Waals surface area contributed by atoms with Crippen molar-refractivity contribution in [3.63, 3.8) is 0 Å². The lowest BCUT2D eigenvalue weighted by Crippen LogP contribution is -2.30. The van der Waals surface area contributed by atoms with Crippen LogP contribution in [0.25, 0.3) is 0 Å². The van der Waals surface area contributed by atoms with E-state index >= 15 is 0 Å². The molecule has 0 amide bonds. The third-order valence-corrected chi connectivity index (χ3v) is 3.35. The van der Waals surface area contributed by atoms with Crippen LogP contribution in [0.3, 0.4) is 0 Å². The molecular formula is C14H21N3O. The minimum atomic E-state index is 0.118. The molecule has 4 heteroatoms. The fourth-order valence-electron chi connectivity index (χ4n) is 2.39. The lowest BCUT2D eigenvalue weighted by molar-refractivity contribution is 0.116. The average molecular weight is 247 g/mol. The minimum Gasteiger partial charge on any atom is -0.384 e. The van der Waals surface area contributed by atoms with Crippen molar-refractivity contribution in [3.8, 4) is 0 Å². The molecule has 98 valence electrons. The second kappa shape index (κ2) is 5.40. The van der Waals surface area contributed by atoms with Crippen LogP contribution in [-0.2, 0) is 4.74 Å². The van der Waals surface area contributed by atoms with E-state index in [0.717, 1.165) is 42.8 Å². The lowest BCUT2D eigenvalue weighted by Gasteiger charge is -2.25. The molecule has 1 aromatic rings. The molecule has 1 aliphatic heterocycles. The molecule has 2 rings (SSSR count). The number of nitrogens with one attached hydrogen (secondary N) is 1. The number of nitrogens with zero attached hydrogens (tertiary/aromatic N) is 1. The van der Waals surface area contributed by atoms with E-state index in [0.29, 0.717) is 6.10 Å². The van der Waals surface area contributed by atoms with Gasteiger partial charge in [0.1, 0.15) is 5.84 Å². The van der Waals surface area contributed by atoms with Gasteiger partial charge in [-0.1, -0.05) is 11.6 Å². The summed E-state index contributed by atoms with van der Waals surface area (Å²) in [5, 5.41) is 7.67. The maximum absolute atomic E-state index is 7.67. The van der Waals surface area contributed by atoms with Gasteiger partial charge in [-0.15, -0.1) is 0 Å². The summed E-state index contributed by atoms with van der Waals surface area (Å²) in [6, 6.07) is 6.04. The summed E-state index contributed by atoms with van der Waals surface area (Å²) in [6.07, 6.45) is 2.56. The highest BCUT2D eigenvalue weighted by Crippen LogP contribution is 2.22. The van der Waals surface area contributed by atoms with Gasteiger partial charge in [0.2, 0.25) is 0 Å². The number of anilines is 1. The second-order valence-electron chi connectivity index (χ2n) is 4.95. The van der Waals surface area contributed by atoms with Crippen molar-refractivity contribution in [3.05, 3.63) is 29.3 Å². The molecule has 1 heterocycles. The topological polar surface area (TPSA) is 62.3 Å². The van der Waals surface area contributed by atoms with Crippen LogP contribution in [0.15, 0.2) is 18.2 Å². The maximum Gasteiger partial charge on any atom is 0.124 e. The zero-order valence-electron chi connectivity index (χ0n) is 11.1. The van der Waals surface area contributed by atoms with Crippen molar-refractivity contribution in [2.75, 3.05) is 25.1 Å². The van der Waals surface area contributed by atoms with Gasteiger partial charge in [-0.3, -0.25) is 5.41 Å². The van der Waals surface area contributed by atoms with E-state index in [-0.39, 0.29) is 5.84 Å². The van der Waals surface area contributed by atoms with Crippen LogP contribution in [0.1, 0.15) is 24.0 Å². The van der Waals surface area contributed by atoms with Gasteiger partial charge in [0.25, 0.3) is 0 Å². The fraction of sp³-hybridized carbons (Fsp3) is 0.500. The lowest BCUT2D eigenvalue weighted by atomic mass is 10.1. The zero-order chi connectivity index (χ0) is 13.1. The van der Waals surface area contributed by atoms with Crippen molar-refractivity contribution in [2.45, 2.75) is 25.9 Å². The second-order valence-corrected chi connectivity index (χ2v) is 4.95. The number of ether oxygens (including phenoxy) is 1. The Kier molecular flexibility index (Phi) is 3.87. The standard InChI is InChI=1S/C14H21N3O/c1-10-5-6-13(12(8-10)14(15)16)17(2)9-11-4-3-7-18-11/h5-6,8,11H,3-4,7,9H2,1-2H3,(H3,15,16). The summed E-state index contributed by atoms with van der Waals surface area (Å²) in [4.78, 5) is 2.13. The fourth-order valence-corrected chi connectivity index (χ4v) is 2.39. The van der Waals surface area contributed by atoms with Gasteiger partial charge in [0, 0.05) is 31.5 Å². The Balaban J connectivity index is 2.17. The quantitative estimate of drug-likeness (QED) is 0.631. The smallest absolute Gasteiger partial charge is 0.124 e. The van der Waals surface area contributed by atoms with E-state index in [1.807, 2.05) is 32.2 Å². The first kappa shape index (κ1) is 12.9. The van der Waals surface area contributed by atoms with Gasteiger partial charge >= 0.3 is 0 Å². The number of amidine groups is 1. The maximum atomic E-state index is 7.67. The van der Waals surface area contributed by atoms with Gasteiger partial charge in [0.15, 0.2) is 0 Å². The summed E-state index contributed by atoms with van der Waals surface area (Å²) < 4.78 is 5.64. The molecule has 0 aliphatic carbocycles. The molecule has 0 radical (unpaired) electrons. The Bertz CT molecular complexity index is 439. The van der Waals surface area contributed by atoms with E-state index in [2.05, 4.69) is 4.90 Å². The molecule has 1 aromatic carbocycles. The van der Waals surface area contributed by atoms with Crippen molar-refractivity contribution < 1.29 is 4.74 Å². The van der Waals surface area contributed by atoms with Crippen LogP contribution in [0, 0.1) is 12.3 Å². The number of benzene rings is 1. The molecule has 0 saturated carbocycles. The van der Waals surface area contributed by atoms with Crippen molar-refractivity contribution >= 4 is 11.5 Å². The van der Waals surface area contributed by atoms with Gasteiger partial charge in [-0.05, 0) is 31.9 Å². The first-order chi connectivity index (χ1) is 8.58. The van der Waals surface area contributed by atoms with Crippen LogP contribution in [-0.4, -0.2) is 32.1 Å². The van der Waals surface area contributed by atoms with Crippen molar-refractivity contribution in [1.29, 1.82) is 5.41 Å². The SMILES string of the molecule is Cc1ccc(N(C)CC2CCCO2)c(C(=N)N)c1. The van der Waals surface area contributed by atoms with E-state index in [1.165, 1.54) is 0 Å². The van der Waals surface area contributed by atoms with E-state index in [9.17, 15) is 0 Å². The highest BCUT2D eigenvalue weighted by molar-refractivity contribution is 6.00. The van der Waals surface area contributed by atoms with Crippen molar-refractivity contribution in [2.24, 2.45) is 5.73 Å². The van der Waals surface area contributed by atoms with Gasteiger partial charge in [-0.25, -0.2) is 0 Å². The molecular weight excluding hydrogens is 226 g/mol. The number of hydrogen-bond acceptors (Lipinski definition) is 3. The highest BCUT2D eigenvalue weighted by atomic mass is 16.5. The van der Waals surface area contributed by atoms with Crippen LogP contribution < -0.4 is 10.6 Å². The Morgan fingerprint density at radius 1 is 1.56 bits per heavy atom. The monoisotopic (exact) mass is 247 g/mol. The first-order valence-electron chi connectivity index (χ1n) is 6.35. The van der Waals surface area contributed by atoms with Crippen LogP contribution in [0.2, 0.25) is 0 Å². The van der Waals surface area contributed by atoms with E-state index < -0.39 is 0 Å². The third kappa shape index (κ3) is 2.82. The Morgan fingerprint density at radius 2 is 2.33 bits per heavy atom.